The van der Waals surface area contributed by atoms with Crippen LogP contribution < -0.4 is 9.80 Å². The van der Waals surface area contributed by atoms with E-state index < -0.39 is 23.5 Å². The van der Waals surface area contributed by atoms with E-state index in [1.54, 1.807) is 12.1 Å². The summed E-state index contributed by atoms with van der Waals surface area (Å²) in [6.45, 7) is 1.31. The molecule has 7 nitrogen and oxygen atoms in total. The fourth-order valence-electron chi connectivity index (χ4n) is 5.08. The average Bonchev–Trinajstić information content (AvgIpc) is 3.86. The molecule has 14 heteroatoms. The van der Waals surface area contributed by atoms with Gasteiger partial charge in [0.05, 0.1) is 21.7 Å². The highest BCUT2D eigenvalue weighted by atomic mass is 35.5. The van der Waals surface area contributed by atoms with Gasteiger partial charge in [0.2, 0.25) is 0 Å². The van der Waals surface area contributed by atoms with Gasteiger partial charge in [0.15, 0.2) is 0 Å². The zero-order valence-electron chi connectivity index (χ0n) is 22.2. The van der Waals surface area contributed by atoms with Crippen molar-refractivity contribution in [3.05, 3.63) is 69.7 Å². The molecule has 2 heterocycles. The highest BCUT2D eigenvalue weighted by Gasteiger charge is 2.37. The normalized spacial score (nSPS) is 15.8. The number of alkyl halides is 6. The van der Waals surface area contributed by atoms with Crippen LogP contribution in [-0.4, -0.2) is 38.7 Å². The maximum atomic E-state index is 13.6. The van der Waals surface area contributed by atoms with Gasteiger partial charge in [-0.3, -0.25) is 0 Å². The maximum absolute atomic E-state index is 13.6. The van der Waals surface area contributed by atoms with Gasteiger partial charge >= 0.3 is 12.4 Å². The first-order valence-electron chi connectivity index (χ1n) is 13.5. The highest BCUT2D eigenvalue weighted by Crippen LogP contribution is 2.39. The number of anilines is 2. The largest absolute Gasteiger partial charge is 0.416 e. The van der Waals surface area contributed by atoms with Gasteiger partial charge in [-0.2, -0.15) is 31.6 Å². The first-order valence-corrected chi connectivity index (χ1v) is 13.9. The fourth-order valence-corrected chi connectivity index (χ4v) is 5.31. The van der Waals surface area contributed by atoms with E-state index >= 15 is 0 Å². The van der Waals surface area contributed by atoms with Crippen molar-refractivity contribution in [2.75, 3.05) is 22.9 Å². The third-order valence-corrected chi connectivity index (χ3v) is 7.81. The average molecular weight is 610 g/mol. The molecule has 0 amide bonds. The quantitative estimate of drug-likeness (QED) is 0.191. The molecule has 2 saturated carbocycles. The summed E-state index contributed by atoms with van der Waals surface area (Å²) in [5.41, 5.74) is -1.63. The second kappa shape index (κ2) is 10.9. The Morgan fingerprint density at radius 2 is 1.48 bits per heavy atom. The molecule has 4 aromatic rings. The first kappa shape index (κ1) is 28.5. The van der Waals surface area contributed by atoms with Crippen LogP contribution in [-0.2, 0) is 25.4 Å². The van der Waals surface area contributed by atoms with Crippen LogP contribution in [0.1, 0.15) is 47.9 Å². The fraction of sp³-hybridized carbons (Fsp3) is 0.429. The van der Waals surface area contributed by atoms with Crippen LogP contribution in [0.2, 0.25) is 5.02 Å². The standard InChI is InChI=1S/C28H26ClF6N7/c29-23-3-1-2-19-10-20(25(36-24(19)23)41(12-16-4-5-16)13-17-6-7-17)15-42(26-37-39-40-38-26)14-18-8-21(27(30,31)32)11-22(9-18)28(33,34)35/h1-3,8-11,16-17H,4-7,12-15H2,(H,37,38,39,40). The molecule has 0 atom stereocenters. The summed E-state index contributed by atoms with van der Waals surface area (Å²) in [5.74, 6) is 1.79. The molecular formula is C28H26ClF6N7. The van der Waals surface area contributed by atoms with Gasteiger partial charge in [-0.25, -0.2) is 4.98 Å². The Hall–Kier alpha value is -3.61. The predicted molar refractivity (Wildman–Crippen MR) is 145 cm³/mol. The maximum Gasteiger partial charge on any atom is 0.416 e. The van der Waals surface area contributed by atoms with Gasteiger partial charge in [0.25, 0.3) is 5.95 Å². The monoisotopic (exact) mass is 609 g/mol. The minimum Gasteiger partial charge on any atom is -0.356 e. The number of nitrogens with one attached hydrogen (secondary N) is 1. The van der Waals surface area contributed by atoms with Crippen molar-refractivity contribution in [1.29, 1.82) is 0 Å². The lowest BCUT2D eigenvalue weighted by Gasteiger charge is -2.29. The molecule has 2 aliphatic rings. The van der Waals surface area contributed by atoms with E-state index in [2.05, 4.69) is 25.5 Å². The van der Waals surface area contributed by atoms with Gasteiger partial charge in [0.1, 0.15) is 5.82 Å². The smallest absolute Gasteiger partial charge is 0.356 e. The van der Waals surface area contributed by atoms with Gasteiger partial charge in [0, 0.05) is 37.1 Å². The summed E-state index contributed by atoms with van der Waals surface area (Å²) in [6, 6.07) is 8.86. The van der Waals surface area contributed by atoms with Crippen molar-refractivity contribution in [2.45, 2.75) is 51.1 Å². The number of tetrazole rings is 1. The lowest BCUT2D eigenvalue weighted by Crippen LogP contribution is -2.32. The SMILES string of the molecule is FC(F)(F)c1cc(CN(Cc2cc3cccc(Cl)c3nc2N(CC2CC2)CC2CC2)c2nn[nH]n2)cc(C(F)(F)F)c1. The number of hydrogen-bond donors (Lipinski definition) is 1. The summed E-state index contributed by atoms with van der Waals surface area (Å²) >= 11 is 6.51. The van der Waals surface area contributed by atoms with Crippen molar-refractivity contribution in [2.24, 2.45) is 11.8 Å². The number of fused-ring (bicyclic) bond motifs is 1. The number of halogens is 7. The molecule has 0 saturated heterocycles. The molecule has 0 aliphatic heterocycles. The third kappa shape index (κ3) is 6.55. The molecule has 42 heavy (non-hydrogen) atoms. The number of hydrogen-bond acceptors (Lipinski definition) is 6. The summed E-state index contributed by atoms with van der Waals surface area (Å²) in [6.07, 6.45) is -5.44. The van der Waals surface area contributed by atoms with E-state index in [1.807, 2.05) is 12.1 Å². The summed E-state index contributed by atoms with van der Waals surface area (Å²) < 4.78 is 81.5. The van der Waals surface area contributed by atoms with Crippen molar-refractivity contribution >= 4 is 34.3 Å². The van der Waals surface area contributed by atoms with Crippen molar-refractivity contribution in [3.63, 3.8) is 0 Å². The van der Waals surface area contributed by atoms with E-state index in [0.717, 1.165) is 49.7 Å². The summed E-state index contributed by atoms with van der Waals surface area (Å²) in [7, 11) is 0. The lowest BCUT2D eigenvalue weighted by atomic mass is 10.0. The Labute approximate surface area is 241 Å². The number of pyridine rings is 1. The van der Waals surface area contributed by atoms with Gasteiger partial charge in [-0.05, 0) is 78.6 Å². The summed E-state index contributed by atoms with van der Waals surface area (Å²) in [5, 5.41) is 15.1. The lowest BCUT2D eigenvalue weighted by molar-refractivity contribution is -0.143. The van der Waals surface area contributed by atoms with E-state index in [-0.39, 0.29) is 30.7 Å². The zero-order chi connectivity index (χ0) is 29.6. The topological polar surface area (TPSA) is 73.8 Å². The number of rotatable bonds is 10. The van der Waals surface area contributed by atoms with Crippen LogP contribution in [0.15, 0.2) is 42.5 Å². The van der Waals surface area contributed by atoms with Crippen LogP contribution in [0.25, 0.3) is 10.9 Å². The Bertz CT molecular complexity index is 1520. The summed E-state index contributed by atoms with van der Waals surface area (Å²) in [4.78, 5) is 8.71. The number of H-pyrrole nitrogens is 1. The van der Waals surface area contributed by atoms with Crippen LogP contribution in [0, 0.1) is 11.8 Å². The van der Waals surface area contributed by atoms with Crippen LogP contribution >= 0.6 is 11.6 Å². The van der Waals surface area contributed by atoms with Crippen molar-refractivity contribution in [1.82, 2.24) is 25.6 Å². The van der Waals surface area contributed by atoms with Crippen molar-refractivity contribution in [3.8, 4) is 0 Å². The van der Waals surface area contributed by atoms with Crippen LogP contribution in [0.5, 0.6) is 0 Å². The van der Waals surface area contributed by atoms with Crippen LogP contribution in [0.3, 0.4) is 0 Å². The third-order valence-electron chi connectivity index (χ3n) is 7.50. The zero-order valence-corrected chi connectivity index (χ0v) is 22.9. The van der Waals surface area contributed by atoms with Crippen LogP contribution in [0.4, 0.5) is 38.1 Å². The molecular weight excluding hydrogens is 584 g/mol. The highest BCUT2D eigenvalue weighted by molar-refractivity contribution is 6.35. The molecule has 6 rings (SSSR count). The van der Waals surface area contributed by atoms with Gasteiger partial charge in [-0.15, -0.1) is 5.10 Å². The van der Waals surface area contributed by atoms with Gasteiger partial charge in [-0.1, -0.05) is 28.8 Å². The molecule has 1 N–H and O–H groups in total. The Kier molecular flexibility index (Phi) is 7.40. The number of aromatic nitrogens is 5. The molecule has 0 bridgehead atoms. The molecule has 2 fully saturated rings. The molecule has 2 aromatic carbocycles. The van der Waals surface area contributed by atoms with E-state index in [4.69, 9.17) is 16.6 Å². The molecule has 0 radical (unpaired) electrons. The second-order valence-corrected chi connectivity index (χ2v) is 11.5. The Morgan fingerprint density at radius 3 is 2.02 bits per heavy atom. The number of para-hydroxylation sites is 1. The Balaban J connectivity index is 1.42. The molecule has 2 aromatic heterocycles. The number of nitrogens with zero attached hydrogens (tertiary/aromatic N) is 6. The van der Waals surface area contributed by atoms with Gasteiger partial charge < -0.3 is 9.80 Å². The molecule has 0 spiro atoms. The molecule has 2 aliphatic carbocycles. The minimum atomic E-state index is -4.96. The van der Waals surface area contributed by atoms with E-state index in [1.165, 1.54) is 4.90 Å². The second-order valence-electron chi connectivity index (χ2n) is 11.1. The number of benzene rings is 2. The number of aromatic amines is 1. The Morgan fingerprint density at radius 1 is 0.833 bits per heavy atom. The molecule has 0 unspecified atom stereocenters. The predicted octanol–water partition coefficient (Wildman–Crippen LogP) is 7.27. The molecule has 222 valence electrons. The van der Waals surface area contributed by atoms with E-state index in [0.29, 0.717) is 40.3 Å². The first-order chi connectivity index (χ1) is 19.9. The van der Waals surface area contributed by atoms with Crippen molar-refractivity contribution < 1.29 is 26.3 Å². The minimum absolute atomic E-state index is 0.0223. The van der Waals surface area contributed by atoms with E-state index in [9.17, 15) is 26.3 Å².